The van der Waals surface area contributed by atoms with Crippen molar-refractivity contribution < 1.29 is 4.79 Å². The number of likely N-dealkylation sites (tertiary alicyclic amines) is 1. The molecule has 3 aliphatic rings. The number of hydrogen-bond acceptors (Lipinski definition) is 2. The van der Waals surface area contributed by atoms with Crippen molar-refractivity contribution in [1.82, 2.24) is 14.8 Å². The SMILES string of the molecule is CN1CC(C(=O)NC2CCCCC2)CC2c3cccc4c3c(cn4C(C)(C)C)C[C@H]21. The van der Waals surface area contributed by atoms with Crippen molar-refractivity contribution in [3.8, 4) is 0 Å². The lowest BCUT2D eigenvalue weighted by Crippen LogP contribution is -2.52. The summed E-state index contributed by atoms with van der Waals surface area (Å²) in [6.45, 7) is 7.73. The zero-order valence-electron chi connectivity index (χ0n) is 19.1. The van der Waals surface area contributed by atoms with Crippen molar-refractivity contribution in [2.75, 3.05) is 13.6 Å². The van der Waals surface area contributed by atoms with E-state index in [2.05, 4.69) is 67.0 Å². The van der Waals surface area contributed by atoms with Gasteiger partial charge < -0.3 is 14.8 Å². The van der Waals surface area contributed by atoms with Gasteiger partial charge in [0.15, 0.2) is 0 Å². The molecule has 2 aromatic rings. The van der Waals surface area contributed by atoms with Crippen LogP contribution in [0.3, 0.4) is 0 Å². The van der Waals surface area contributed by atoms with Gasteiger partial charge in [0.2, 0.25) is 5.91 Å². The van der Waals surface area contributed by atoms with Gasteiger partial charge in [-0.15, -0.1) is 0 Å². The second-order valence-corrected chi connectivity index (χ2v) is 11.0. The van der Waals surface area contributed by atoms with Crippen LogP contribution in [0.15, 0.2) is 24.4 Å². The Kier molecular flexibility index (Phi) is 4.96. The number of piperidine rings is 1. The normalized spacial score (nSPS) is 27.8. The highest BCUT2D eigenvalue weighted by Crippen LogP contribution is 2.45. The summed E-state index contributed by atoms with van der Waals surface area (Å²) in [6.07, 6.45) is 10.6. The van der Waals surface area contributed by atoms with Crippen LogP contribution in [0.1, 0.15) is 76.3 Å². The number of likely N-dealkylation sites (N-methyl/N-ethyl adjacent to an activating group) is 1. The highest BCUT2D eigenvalue weighted by atomic mass is 16.2. The summed E-state index contributed by atoms with van der Waals surface area (Å²) < 4.78 is 2.45. The number of amides is 1. The van der Waals surface area contributed by atoms with Crippen LogP contribution in [0.25, 0.3) is 10.9 Å². The van der Waals surface area contributed by atoms with Crippen molar-refractivity contribution >= 4 is 16.8 Å². The Bertz CT molecular complexity index is 947. The predicted octanol–water partition coefficient (Wildman–Crippen LogP) is 4.81. The molecule has 1 N–H and O–H groups in total. The number of carbonyl (C=O) groups is 1. The molecule has 1 amide bonds. The molecule has 162 valence electrons. The molecule has 5 rings (SSSR count). The van der Waals surface area contributed by atoms with E-state index in [1.54, 1.807) is 0 Å². The second kappa shape index (κ2) is 7.40. The molecular weight excluding hydrogens is 370 g/mol. The van der Waals surface area contributed by atoms with Crippen LogP contribution < -0.4 is 5.32 Å². The minimum atomic E-state index is 0.0684. The minimum Gasteiger partial charge on any atom is -0.353 e. The molecule has 0 spiro atoms. The highest BCUT2D eigenvalue weighted by Gasteiger charge is 2.42. The zero-order chi connectivity index (χ0) is 21.0. The second-order valence-electron chi connectivity index (χ2n) is 11.0. The molecule has 1 saturated heterocycles. The maximum atomic E-state index is 13.2. The molecule has 0 radical (unpaired) electrons. The van der Waals surface area contributed by atoms with Crippen molar-refractivity contribution in [1.29, 1.82) is 0 Å². The summed E-state index contributed by atoms with van der Waals surface area (Å²) in [6, 6.07) is 7.71. The molecule has 3 atom stereocenters. The van der Waals surface area contributed by atoms with Crippen LogP contribution in [-0.4, -0.2) is 41.1 Å². The molecule has 2 fully saturated rings. The molecule has 1 aromatic heterocycles. The Morgan fingerprint density at radius 3 is 2.63 bits per heavy atom. The predicted molar refractivity (Wildman–Crippen MR) is 123 cm³/mol. The molecule has 4 nitrogen and oxygen atoms in total. The molecule has 1 aromatic carbocycles. The van der Waals surface area contributed by atoms with E-state index >= 15 is 0 Å². The molecule has 1 aliphatic heterocycles. The van der Waals surface area contributed by atoms with Gasteiger partial charge in [0.25, 0.3) is 0 Å². The first-order valence-electron chi connectivity index (χ1n) is 12.0. The van der Waals surface area contributed by atoms with Crippen LogP contribution in [0.2, 0.25) is 0 Å². The molecule has 2 unspecified atom stereocenters. The number of fused-ring (bicyclic) bond motifs is 2. The highest BCUT2D eigenvalue weighted by molar-refractivity contribution is 5.89. The average Bonchev–Trinajstić information content (AvgIpc) is 3.10. The average molecular weight is 408 g/mol. The Morgan fingerprint density at radius 2 is 1.90 bits per heavy atom. The van der Waals surface area contributed by atoms with E-state index in [0.717, 1.165) is 32.2 Å². The topological polar surface area (TPSA) is 37.3 Å². The van der Waals surface area contributed by atoms with E-state index in [1.807, 2.05) is 0 Å². The van der Waals surface area contributed by atoms with Gasteiger partial charge in [-0.05, 0) is 70.7 Å². The number of hydrogen-bond donors (Lipinski definition) is 1. The maximum absolute atomic E-state index is 13.2. The lowest BCUT2D eigenvalue weighted by Gasteiger charge is -2.45. The third kappa shape index (κ3) is 3.37. The van der Waals surface area contributed by atoms with Gasteiger partial charge in [0.05, 0.1) is 5.92 Å². The van der Waals surface area contributed by atoms with E-state index in [9.17, 15) is 4.79 Å². The molecular formula is C26H37N3O. The Labute approximate surface area is 181 Å². The van der Waals surface area contributed by atoms with E-state index in [0.29, 0.717) is 18.0 Å². The number of rotatable bonds is 2. The third-order valence-corrected chi connectivity index (χ3v) is 7.89. The largest absolute Gasteiger partial charge is 0.353 e. The summed E-state index contributed by atoms with van der Waals surface area (Å²) >= 11 is 0. The number of carbonyl (C=O) groups excluding carboxylic acids is 1. The van der Waals surface area contributed by atoms with Gasteiger partial charge in [-0.2, -0.15) is 0 Å². The van der Waals surface area contributed by atoms with Gasteiger partial charge in [-0.1, -0.05) is 31.4 Å². The van der Waals surface area contributed by atoms with Crippen LogP contribution >= 0.6 is 0 Å². The Balaban J connectivity index is 1.45. The number of nitrogens with zero attached hydrogens (tertiary/aromatic N) is 2. The first-order chi connectivity index (χ1) is 14.3. The summed E-state index contributed by atoms with van der Waals surface area (Å²) in [5.74, 6) is 0.829. The smallest absolute Gasteiger partial charge is 0.224 e. The third-order valence-electron chi connectivity index (χ3n) is 7.89. The van der Waals surface area contributed by atoms with Crippen LogP contribution in [-0.2, 0) is 16.8 Å². The fourth-order valence-electron chi connectivity index (χ4n) is 6.36. The quantitative estimate of drug-likeness (QED) is 0.776. The number of benzene rings is 1. The van der Waals surface area contributed by atoms with E-state index in [1.165, 1.54) is 41.3 Å². The fraction of sp³-hybridized carbons (Fsp3) is 0.654. The monoisotopic (exact) mass is 407 g/mol. The molecule has 2 heterocycles. The Hall–Kier alpha value is -1.81. The fourth-order valence-corrected chi connectivity index (χ4v) is 6.36. The summed E-state index contributed by atoms with van der Waals surface area (Å²) in [5, 5.41) is 4.86. The zero-order valence-corrected chi connectivity index (χ0v) is 19.1. The first-order valence-corrected chi connectivity index (χ1v) is 12.0. The van der Waals surface area contributed by atoms with Gasteiger partial charge in [0.1, 0.15) is 0 Å². The lowest BCUT2D eigenvalue weighted by atomic mass is 9.72. The van der Waals surface area contributed by atoms with Crippen LogP contribution in [0.4, 0.5) is 0 Å². The van der Waals surface area contributed by atoms with E-state index < -0.39 is 0 Å². The van der Waals surface area contributed by atoms with Gasteiger partial charge in [-0.3, -0.25) is 4.79 Å². The van der Waals surface area contributed by atoms with E-state index in [-0.39, 0.29) is 17.4 Å². The molecule has 4 heteroatoms. The minimum absolute atomic E-state index is 0.0684. The van der Waals surface area contributed by atoms with Crippen LogP contribution in [0.5, 0.6) is 0 Å². The number of nitrogens with one attached hydrogen (secondary N) is 1. The summed E-state index contributed by atoms with van der Waals surface area (Å²) in [7, 11) is 2.23. The van der Waals surface area contributed by atoms with Crippen molar-refractivity contribution in [2.45, 2.75) is 89.3 Å². The molecule has 0 bridgehead atoms. The standard InChI is InChI=1S/C26H37N3O/c1-26(2,3)29-16-17-14-23-21(20-11-8-12-22(29)24(17)20)13-18(15-28(23)4)25(30)27-19-9-6-5-7-10-19/h8,11-12,16,18-19,21,23H,5-7,9-10,13-15H2,1-4H3,(H,27,30)/t18?,21?,23-/m1/s1. The first kappa shape index (κ1) is 20.1. The van der Waals surface area contributed by atoms with E-state index in [4.69, 9.17) is 0 Å². The summed E-state index contributed by atoms with van der Waals surface area (Å²) in [4.78, 5) is 15.6. The molecule has 2 aliphatic carbocycles. The van der Waals surface area contributed by atoms with Gasteiger partial charge >= 0.3 is 0 Å². The molecule has 30 heavy (non-hydrogen) atoms. The molecule has 1 saturated carbocycles. The maximum Gasteiger partial charge on any atom is 0.224 e. The van der Waals surface area contributed by atoms with Crippen molar-refractivity contribution in [3.05, 3.63) is 35.5 Å². The van der Waals surface area contributed by atoms with Crippen molar-refractivity contribution in [3.63, 3.8) is 0 Å². The Morgan fingerprint density at radius 1 is 1.13 bits per heavy atom. The van der Waals surface area contributed by atoms with Gasteiger partial charge in [-0.25, -0.2) is 0 Å². The number of aromatic nitrogens is 1. The van der Waals surface area contributed by atoms with Crippen molar-refractivity contribution in [2.24, 2.45) is 5.92 Å². The summed E-state index contributed by atoms with van der Waals surface area (Å²) in [5.41, 5.74) is 4.36. The van der Waals surface area contributed by atoms with Gasteiger partial charge in [0, 0.05) is 47.2 Å². The van der Waals surface area contributed by atoms with Crippen LogP contribution in [0, 0.1) is 5.92 Å². The lowest BCUT2D eigenvalue weighted by molar-refractivity contribution is -0.128.